The minimum absolute atomic E-state index is 0.289. The lowest BCUT2D eigenvalue weighted by molar-refractivity contribution is -0.0914. The first-order valence-corrected chi connectivity index (χ1v) is 11.1. The van der Waals surface area contributed by atoms with Gasteiger partial charge in [-0.3, -0.25) is 4.79 Å². The Morgan fingerprint density at radius 2 is 2.06 bits per heavy atom. The van der Waals surface area contributed by atoms with Gasteiger partial charge in [-0.1, -0.05) is 0 Å². The van der Waals surface area contributed by atoms with E-state index in [0.29, 0.717) is 35.0 Å². The van der Waals surface area contributed by atoms with Crippen molar-refractivity contribution in [1.29, 1.82) is 0 Å². The second-order valence-corrected chi connectivity index (χ2v) is 9.34. The van der Waals surface area contributed by atoms with Gasteiger partial charge in [-0.2, -0.15) is 10.1 Å². The Morgan fingerprint density at radius 3 is 2.81 bits per heavy atom. The standard InChI is InChI=1S/C23H28N6O3/c1-22(2,31)23(3)13-15-12-17(19(27-21(15)32-23)28-9-5-4-6-10-28)26-20(30)16-14-25-29-11-7-8-24-18(16)29/h7-8,11-12,14,31H,4-6,9-10,13H2,1-3H3,(H,26,30)/t23-/m1/s1. The van der Waals surface area contributed by atoms with Gasteiger partial charge in [-0.25, -0.2) is 9.50 Å². The smallest absolute Gasteiger partial charge is 0.261 e. The number of nitrogens with zero attached hydrogens (tertiary/aromatic N) is 5. The van der Waals surface area contributed by atoms with Gasteiger partial charge in [0.25, 0.3) is 5.91 Å². The van der Waals surface area contributed by atoms with Crippen LogP contribution >= 0.6 is 0 Å². The van der Waals surface area contributed by atoms with E-state index in [1.807, 2.05) is 13.0 Å². The normalized spacial score (nSPS) is 20.8. The zero-order valence-corrected chi connectivity index (χ0v) is 18.6. The van der Waals surface area contributed by atoms with Gasteiger partial charge in [0, 0.05) is 37.5 Å². The number of pyridine rings is 1. The molecule has 168 valence electrons. The number of hydrogen-bond acceptors (Lipinski definition) is 7. The number of nitrogens with one attached hydrogen (secondary N) is 1. The molecular weight excluding hydrogens is 408 g/mol. The van der Waals surface area contributed by atoms with Gasteiger partial charge in [-0.05, 0) is 52.2 Å². The molecule has 2 aliphatic heterocycles. The van der Waals surface area contributed by atoms with Gasteiger partial charge in [0.05, 0.1) is 17.5 Å². The minimum Gasteiger partial charge on any atom is -0.468 e. The average molecular weight is 437 g/mol. The summed E-state index contributed by atoms with van der Waals surface area (Å²) in [6.07, 6.45) is 8.75. The van der Waals surface area contributed by atoms with Crippen molar-refractivity contribution in [2.75, 3.05) is 23.3 Å². The molecule has 0 bridgehead atoms. The fraction of sp³-hybridized carbons (Fsp3) is 0.478. The Kier molecular flexibility index (Phi) is 4.81. The van der Waals surface area contributed by atoms with Gasteiger partial charge in [0.2, 0.25) is 5.88 Å². The molecule has 0 aromatic carbocycles. The molecule has 0 unspecified atom stereocenters. The number of fused-ring (bicyclic) bond motifs is 2. The molecule has 0 radical (unpaired) electrons. The van der Waals surface area contributed by atoms with Crippen molar-refractivity contribution >= 4 is 23.1 Å². The van der Waals surface area contributed by atoms with Crippen LogP contribution < -0.4 is 15.0 Å². The molecule has 32 heavy (non-hydrogen) atoms. The maximum Gasteiger partial charge on any atom is 0.261 e. The van der Waals surface area contributed by atoms with Crippen LogP contribution in [0.5, 0.6) is 5.88 Å². The van der Waals surface area contributed by atoms with Gasteiger partial charge < -0.3 is 20.1 Å². The summed E-state index contributed by atoms with van der Waals surface area (Å²) in [7, 11) is 0. The summed E-state index contributed by atoms with van der Waals surface area (Å²) >= 11 is 0. The van der Waals surface area contributed by atoms with Crippen molar-refractivity contribution in [3.63, 3.8) is 0 Å². The van der Waals surface area contributed by atoms with Gasteiger partial charge >= 0.3 is 0 Å². The van der Waals surface area contributed by atoms with Gasteiger partial charge in [0.1, 0.15) is 11.2 Å². The predicted octanol–water partition coefficient (Wildman–Crippen LogP) is 2.83. The molecule has 0 aliphatic carbocycles. The second kappa shape index (κ2) is 7.44. The van der Waals surface area contributed by atoms with Crippen LogP contribution in [0.3, 0.4) is 0 Å². The van der Waals surface area contributed by atoms with Crippen LogP contribution in [0.25, 0.3) is 5.65 Å². The molecule has 2 aliphatic rings. The SMILES string of the molecule is CC(C)(O)[C@@]1(C)Cc2cc(NC(=O)c3cnn4cccnc34)c(N3CCCCC3)nc2O1. The Balaban J connectivity index is 1.52. The van der Waals surface area contributed by atoms with E-state index in [4.69, 9.17) is 9.72 Å². The minimum atomic E-state index is -1.05. The second-order valence-electron chi connectivity index (χ2n) is 9.34. The highest BCUT2D eigenvalue weighted by atomic mass is 16.5. The summed E-state index contributed by atoms with van der Waals surface area (Å²) < 4.78 is 7.73. The number of amides is 1. The highest BCUT2D eigenvalue weighted by Gasteiger charge is 2.47. The number of aliphatic hydroxyl groups is 1. The Morgan fingerprint density at radius 1 is 1.28 bits per heavy atom. The first-order valence-electron chi connectivity index (χ1n) is 11.1. The Bertz CT molecular complexity index is 1180. The van der Waals surface area contributed by atoms with E-state index in [1.165, 1.54) is 12.6 Å². The van der Waals surface area contributed by atoms with Crippen LogP contribution in [0.2, 0.25) is 0 Å². The van der Waals surface area contributed by atoms with Crippen LogP contribution in [0.4, 0.5) is 11.5 Å². The summed E-state index contributed by atoms with van der Waals surface area (Å²) in [5, 5.41) is 17.9. The van der Waals surface area contributed by atoms with E-state index >= 15 is 0 Å². The maximum absolute atomic E-state index is 13.2. The molecule has 9 nitrogen and oxygen atoms in total. The monoisotopic (exact) mass is 436 g/mol. The molecule has 5 rings (SSSR count). The Hall–Kier alpha value is -3.20. The van der Waals surface area contributed by atoms with Gasteiger partial charge in [0.15, 0.2) is 11.5 Å². The van der Waals surface area contributed by atoms with Crippen LogP contribution in [-0.4, -0.2) is 54.9 Å². The van der Waals surface area contributed by atoms with E-state index in [9.17, 15) is 9.90 Å². The van der Waals surface area contributed by atoms with E-state index in [0.717, 1.165) is 31.5 Å². The summed E-state index contributed by atoms with van der Waals surface area (Å²) in [4.78, 5) is 24.5. The number of hydrogen-bond donors (Lipinski definition) is 2. The zero-order chi connectivity index (χ0) is 22.5. The molecular formula is C23H28N6O3. The zero-order valence-electron chi connectivity index (χ0n) is 18.6. The lowest BCUT2D eigenvalue weighted by Crippen LogP contribution is -2.51. The molecule has 1 fully saturated rings. The third-order valence-corrected chi connectivity index (χ3v) is 6.61. The molecule has 1 saturated heterocycles. The number of aromatic nitrogens is 4. The van der Waals surface area contributed by atoms with Crippen molar-refractivity contribution in [2.24, 2.45) is 0 Å². The van der Waals surface area contributed by atoms with Crippen molar-refractivity contribution in [3.05, 3.63) is 41.9 Å². The molecule has 1 atom stereocenters. The highest BCUT2D eigenvalue weighted by Crippen LogP contribution is 2.43. The van der Waals surface area contributed by atoms with E-state index in [2.05, 4.69) is 20.3 Å². The lowest BCUT2D eigenvalue weighted by Gasteiger charge is -2.35. The van der Waals surface area contributed by atoms with Gasteiger partial charge in [-0.15, -0.1) is 0 Å². The number of carbonyl (C=O) groups is 1. The number of anilines is 2. The summed E-state index contributed by atoms with van der Waals surface area (Å²) in [5.41, 5.74) is 0.546. The van der Waals surface area contributed by atoms with Crippen LogP contribution in [0.1, 0.15) is 56.0 Å². The molecule has 1 amide bonds. The van der Waals surface area contributed by atoms with Crippen LogP contribution in [0.15, 0.2) is 30.7 Å². The third-order valence-electron chi connectivity index (χ3n) is 6.61. The topological polar surface area (TPSA) is 105 Å². The predicted molar refractivity (Wildman–Crippen MR) is 120 cm³/mol. The van der Waals surface area contributed by atoms with E-state index in [1.54, 1.807) is 36.8 Å². The van der Waals surface area contributed by atoms with E-state index in [-0.39, 0.29) is 5.91 Å². The maximum atomic E-state index is 13.2. The molecule has 5 heterocycles. The lowest BCUT2D eigenvalue weighted by atomic mass is 9.84. The fourth-order valence-corrected chi connectivity index (χ4v) is 4.31. The quantitative estimate of drug-likeness (QED) is 0.648. The number of piperidine rings is 1. The molecule has 9 heteroatoms. The molecule has 3 aromatic rings. The van der Waals surface area contributed by atoms with E-state index < -0.39 is 11.2 Å². The molecule has 3 aromatic heterocycles. The Labute approximate surface area is 186 Å². The number of rotatable bonds is 4. The van der Waals surface area contributed by atoms with Crippen LogP contribution in [-0.2, 0) is 6.42 Å². The number of ether oxygens (including phenoxy) is 1. The average Bonchev–Trinajstić information content (AvgIpc) is 3.34. The van der Waals surface area contributed by atoms with Crippen molar-refractivity contribution in [2.45, 2.75) is 57.7 Å². The third kappa shape index (κ3) is 3.46. The summed E-state index contributed by atoms with van der Waals surface area (Å²) in [6, 6.07) is 3.69. The first-order chi connectivity index (χ1) is 15.2. The highest BCUT2D eigenvalue weighted by molar-refractivity contribution is 6.09. The fourth-order valence-electron chi connectivity index (χ4n) is 4.31. The molecule has 0 spiro atoms. The van der Waals surface area contributed by atoms with Crippen molar-refractivity contribution < 1.29 is 14.6 Å². The first kappa shape index (κ1) is 20.7. The number of carbonyl (C=O) groups excluding carboxylic acids is 1. The largest absolute Gasteiger partial charge is 0.468 e. The van der Waals surface area contributed by atoms with Crippen molar-refractivity contribution in [3.8, 4) is 5.88 Å². The van der Waals surface area contributed by atoms with Crippen LogP contribution in [0, 0.1) is 0 Å². The summed E-state index contributed by atoms with van der Waals surface area (Å²) in [6.45, 7) is 7.11. The molecule has 0 saturated carbocycles. The molecule has 2 N–H and O–H groups in total. The summed E-state index contributed by atoms with van der Waals surface area (Å²) in [5.74, 6) is 0.926. The van der Waals surface area contributed by atoms with Crippen molar-refractivity contribution in [1.82, 2.24) is 19.6 Å².